The molecular formula is C13H27N3O. The second-order valence-electron chi connectivity index (χ2n) is 5.54. The zero-order chi connectivity index (χ0) is 12.7. The molecule has 0 aromatic rings. The Morgan fingerprint density at radius 1 is 1.29 bits per heavy atom. The van der Waals surface area contributed by atoms with Crippen molar-refractivity contribution in [3.63, 3.8) is 0 Å². The third kappa shape index (κ3) is 5.04. The average molecular weight is 241 g/mol. The smallest absolute Gasteiger partial charge is 0.226 e. The minimum absolute atomic E-state index is 0.101. The number of hydrogen-bond acceptors (Lipinski definition) is 3. The van der Waals surface area contributed by atoms with E-state index in [1.165, 1.54) is 38.9 Å². The highest BCUT2D eigenvalue weighted by atomic mass is 16.2. The number of likely N-dealkylation sites (tertiary alicyclic amines) is 1. The summed E-state index contributed by atoms with van der Waals surface area (Å²) in [7, 11) is 1.69. The molecule has 17 heavy (non-hydrogen) atoms. The Morgan fingerprint density at radius 3 is 2.53 bits per heavy atom. The fourth-order valence-corrected chi connectivity index (χ4v) is 2.25. The molecule has 4 nitrogen and oxygen atoms in total. The molecule has 0 aliphatic carbocycles. The van der Waals surface area contributed by atoms with Gasteiger partial charge < -0.3 is 15.5 Å². The lowest BCUT2D eigenvalue weighted by atomic mass is 9.92. The second kappa shape index (κ2) is 6.97. The molecule has 1 heterocycles. The van der Waals surface area contributed by atoms with Crippen molar-refractivity contribution in [3.8, 4) is 0 Å². The zero-order valence-corrected chi connectivity index (χ0v) is 11.5. The predicted octanol–water partition coefficient (Wildman–Crippen LogP) is 0.834. The zero-order valence-electron chi connectivity index (χ0n) is 11.5. The summed E-state index contributed by atoms with van der Waals surface area (Å²) in [5.74, 6) is 0.101. The molecule has 100 valence electrons. The van der Waals surface area contributed by atoms with Crippen molar-refractivity contribution >= 4 is 5.91 Å². The molecule has 1 fully saturated rings. The summed E-state index contributed by atoms with van der Waals surface area (Å²) in [4.78, 5) is 14.1. The van der Waals surface area contributed by atoms with Crippen molar-refractivity contribution in [2.75, 3.05) is 39.8 Å². The summed E-state index contributed by atoms with van der Waals surface area (Å²) in [6.07, 6.45) is 3.89. The lowest BCUT2D eigenvalue weighted by molar-refractivity contribution is -0.128. The molecule has 1 rings (SSSR count). The molecule has 0 saturated carbocycles. The van der Waals surface area contributed by atoms with Gasteiger partial charge in [-0.1, -0.05) is 0 Å². The van der Waals surface area contributed by atoms with Crippen LogP contribution in [0.15, 0.2) is 0 Å². The van der Waals surface area contributed by atoms with Crippen LogP contribution in [0.1, 0.15) is 33.1 Å². The number of amides is 1. The molecule has 0 atom stereocenters. The minimum atomic E-state index is -0.317. The fourth-order valence-electron chi connectivity index (χ4n) is 2.25. The van der Waals surface area contributed by atoms with Crippen LogP contribution < -0.4 is 10.6 Å². The van der Waals surface area contributed by atoms with E-state index in [4.69, 9.17) is 0 Å². The largest absolute Gasteiger partial charge is 0.359 e. The molecule has 0 radical (unpaired) electrons. The van der Waals surface area contributed by atoms with Crippen LogP contribution in [0.3, 0.4) is 0 Å². The van der Waals surface area contributed by atoms with E-state index in [9.17, 15) is 4.79 Å². The number of carbonyl (C=O) groups is 1. The second-order valence-corrected chi connectivity index (χ2v) is 5.54. The molecule has 1 saturated heterocycles. The minimum Gasteiger partial charge on any atom is -0.359 e. The first-order chi connectivity index (χ1) is 8.06. The number of rotatable bonds is 7. The topological polar surface area (TPSA) is 44.4 Å². The number of carbonyl (C=O) groups excluding carboxylic acids is 1. The third-order valence-corrected chi connectivity index (χ3v) is 3.44. The van der Waals surface area contributed by atoms with Crippen molar-refractivity contribution in [3.05, 3.63) is 0 Å². The van der Waals surface area contributed by atoms with E-state index in [1.807, 2.05) is 13.8 Å². The Kier molecular flexibility index (Phi) is 5.92. The van der Waals surface area contributed by atoms with Crippen LogP contribution in [0.5, 0.6) is 0 Å². The van der Waals surface area contributed by atoms with Crippen LogP contribution in [0.25, 0.3) is 0 Å². The Hall–Kier alpha value is -0.610. The number of nitrogens with one attached hydrogen (secondary N) is 2. The molecule has 0 aromatic carbocycles. The highest BCUT2D eigenvalue weighted by molar-refractivity contribution is 5.81. The van der Waals surface area contributed by atoms with Gasteiger partial charge in [0, 0.05) is 13.6 Å². The summed E-state index contributed by atoms with van der Waals surface area (Å²) < 4.78 is 0. The van der Waals surface area contributed by atoms with Crippen molar-refractivity contribution in [1.29, 1.82) is 0 Å². The average Bonchev–Trinajstić information content (AvgIpc) is 2.80. The van der Waals surface area contributed by atoms with E-state index < -0.39 is 0 Å². The summed E-state index contributed by atoms with van der Waals surface area (Å²) in [6, 6.07) is 0. The van der Waals surface area contributed by atoms with Gasteiger partial charge in [-0.2, -0.15) is 0 Å². The van der Waals surface area contributed by atoms with Gasteiger partial charge >= 0.3 is 0 Å². The van der Waals surface area contributed by atoms with Crippen molar-refractivity contribution in [2.24, 2.45) is 5.41 Å². The van der Waals surface area contributed by atoms with Gasteiger partial charge in [-0.3, -0.25) is 4.79 Å². The quantitative estimate of drug-likeness (QED) is 0.649. The van der Waals surface area contributed by atoms with Crippen molar-refractivity contribution < 1.29 is 4.79 Å². The maximum absolute atomic E-state index is 11.5. The standard InChI is InChI=1S/C13H27N3O/c1-13(2,12(17)14-3)11-15-7-6-10-16-8-4-5-9-16/h15H,4-11H2,1-3H3,(H,14,17). The maximum atomic E-state index is 11.5. The normalized spacial score (nSPS) is 17.4. The van der Waals surface area contributed by atoms with Gasteiger partial charge in [-0.25, -0.2) is 0 Å². The molecule has 0 unspecified atom stereocenters. The molecule has 2 N–H and O–H groups in total. The molecule has 0 bridgehead atoms. The van der Waals surface area contributed by atoms with Crippen LogP contribution in [0, 0.1) is 5.41 Å². The third-order valence-electron chi connectivity index (χ3n) is 3.44. The van der Waals surface area contributed by atoms with Gasteiger partial charge in [0.1, 0.15) is 0 Å². The molecule has 0 aromatic heterocycles. The Bertz CT molecular complexity index is 235. The summed E-state index contributed by atoms with van der Waals surface area (Å²) >= 11 is 0. The van der Waals surface area contributed by atoms with Gasteiger partial charge in [0.2, 0.25) is 5.91 Å². The van der Waals surface area contributed by atoms with Gasteiger partial charge in [0.05, 0.1) is 5.41 Å². The van der Waals surface area contributed by atoms with Crippen LogP contribution >= 0.6 is 0 Å². The van der Waals surface area contributed by atoms with Gasteiger partial charge in [0.15, 0.2) is 0 Å². The van der Waals surface area contributed by atoms with Crippen LogP contribution in [-0.4, -0.2) is 50.6 Å². The van der Waals surface area contributed by atoms with E-state index in [0.29, 0.717) is 0 Å². The predicted molar refractivity (Wildman–Crippen MR) is 71.0 cm³/mol. The van der Waals surface area contributed by atoms with Crippen LogP contribution in [0.4, 0.5) is 0 Å². The summed E-state index contributed by atoms with van der Waals surface area (Å²) in [5.41, 5.74) is -0.317. The Labute approximate surface area is 105 Å². The first-order valence-corrected chi connectivity index (χ1v) is 6.71. The molecule has 1 amide bonds. The van der Waals surface area contributed by atoms with Crippen LogP contribution in [0.2, 0.25) is 0 Å². The van der Waals surface area contributed by atoms with Gasteiger partial charge in [-0.15, -0.1) is 0 Å². The summed E-state index contributed by atoms with van der Waals surface area (Å²) in [5, 5.41) is 6.08. The Morgan fingerprint density at radius 2 is 1.94 bits per heavy atom. The molecule has 4 heteroatoms. The van der Waals surface area contributed by atoms with E-state index in [2.05, 4.69) is 15.5 Å². The maximum Gasteiger partial charge on any atom is 0.226 e. The highest BCUT2D eigenvalue weighted by Crippen LogP contribution is 2.13. The molecule has 1 aliphatic rings. The lowest BCUT2D eigenvalue weighted by Gasteiger charge is -2.23. The van der Waals surface area contributed by atoms with Crippen molar-refractivity contribution in [1.82, 2.24) is 15.5 Å². The number of nitrogens with zero attached hydrogens (tertiary/aromatic N) is 1. The van der Waals surface area contributed by atoms with Crippen LogP contribution in [-0.2, 0) is 4.79 Å². The van der Waals surface area contributed by atoms with E-state index in [-0.39, 0.29) is 11.3 Å². The van der Waals surface area contributed by atoms with Gasteiger partial charge in [-0.05, 0) is 59.3 Å². The molecule has 0 spiro atoms. The molecule has 1 aliphatic heterocycles. The molecular weight excluding hydrogens is 214 g/mol. The van der Waals surface area contributed by atoms with E-state index >= 15 is 0 Å². The monoisotopic (exact) mass is 241 g/mol. The van der Waals surface area contributed by atoms with E-state index in [0.717, 1.165) is 13.1 Å². The first-order valence-electron chi connectivity index (χ1n) is 6.71. The van der Waals surface area contributed by atoms with E-state index in [1.54, 1.807) is 7.05 Å². The van der Waals surface area contributed by atoms with Gasteiger partial charge in [0.25, 0.3) is 0 Å². The lowest BCUT2D eigenvalue weighted by Crippen LogP contribution is -2.42. The first kappa shape index (κ1) is 14.5. The highest BCUT2D eigenvalue weighted by Gasteiger charge is 2.25. The summed E-state index contributed by atoms with van der Waals surface area (Å²) in [6.45, 7) is 9.41. The fraction of sp³-hybridized carbons (Fsp3) is 0.923. The van der Waals surface area contributed by atoms with Crippen molar-refractivity contribution in [2.45, 2.75) is 33.1 Å². The number of hydrogen-bond donors (Lipinski definition) is 2. The Balaban J connectivity index is 2.04. The SMILES string of the molecule is CNC(=O)C(C)(C)CNCCCN1CCCC1.